The van der Waals surface area contributed by atoms with E-state index in [9.17, 15) is 31.1 Å². The number of rotatable bonds is 6. The van der Waals surface area contributed by atoms with Crippen molar-refractivity contribution in [1.29, 1.82) is 0 Å². The Hall–Kier alpha value is -3.57. The second-order valence-corrected chi connectivity index (χ2v) is 9.61. The summed E-state index contributed by atoms with van der Waals surface area (Å²) in [5.74, 6) is 0.460. The molecule has 1 saturated carbocycles. The zero-order valence-electron chi connectivity index (χ0n) is 20.7. The van der Waals surface area contributed by atoms with E-state index in [4.69, 9.17) is 0 Å². The van der Waals surface area contributed by atoms with Crippen LogP contribution >= 0.6 is 0 Å². The maximum atomic E-state index is 13.1. The van der Waals surface area contributed by atoms with Gasteiger partial charge in [0.05, 0.1) is 16.6 Å². The molecule has 204 valence electrons. The van der Waals surface area contributed by atoms with Gasteiger partial charge in [0.15, 0.2) is 0 Å². The zero-order valence-corrected chi connectivity index (χ0v) is 20.7. The van der Waals surface area contributed by atoms with E-state index in [0.29, 0.717) is 43.8 Å². The van der Waals surface area contributed by atoms with Crippen LogP contribution in [0.1, 0.15) is 42.4 Å². The summed E-state index contributed by atoms with van der Waals surface area (Å²) in [6, 6.07) is 9.00. The minimum Gasteiger partial charge on any atom is -0.362 e. The number of halogens is 6. The Kier molecular flexibility index (Phi) is 7.70. The lowest BCUT2D eigenvalue weighted by Gasteiger charge is -2.29. The Labute approximate surface area is 215 Å². The Balaban J connectivity index is 1.36. The molecule has 0 bridgehead atoms. The zero-order chi connectivity index (χ0) is 27.7. The van der Waals surface area contributed by atoms with Crippen LogP contribution in [0.5, 0.6) is 0 Å². The molecule has 6 nitrogen and oxygen atoms in total. The molecule has 1 aliphatic carbocycles. The second-order valence-electron chi connectivity index (χ2n) is 9.61. The van der Waals surface area contributed by atoms with Crippen LogP contribution in [0.4, 0.5) is 38.1 Å². The molecule has 0 unspecified atom stereocenters. The highest BCUT2D eigenvalue weighted by atomic mass is 19.4. The number of hydrogen-bond acceptors (Lipinski definition) is 5. The molecule has 1 amide bonds. The third kappa shape index (κ3) is 6.46. The van der Waals surface area contributed by atoms with Crippen molar-refractivity contribution in [2.45, 2.75) is 50.6 Å². The molecule has 0 aliphatic heterocycles. The molecule has 0 saturated heterocycles. The Bertz CT molecular complexity index is 1270. The average Bonchev–Trinajstić information content (AvgIpc) is 2.86. The van der Waals surface area contributed by atoms with Crippen molar-refractivity contribution >= 4 is 28.6 Å². The molecule has 1 aliphatic rings. The van der Waals surface area contributed by atoms with Crippen LogP contribution < -0.4 is 15.5 Å². The summed E-state index contributed by atoms with van der Waals surface area (Å²) >= 11 is 0. The van der Waals surface area contributed by atoms with Crippen LogP contribution in [0.3, 0.4) is 0 Å². The highest BCUT2D eigenvalue weighted by Crippen LogP contribution is 2.36. The van der Waals surface area contributed by atoms with Gasteiger partial charge < -0.3 is 15.5 Å². The van der Waals surface area contributed by atoms with E-state index in [0.717, 1.165) is 16.7 Å². The van der Waals surface area contributed by atoms with Crippen molar-refractivity contribution in [2.24, 2.45) is 5.92 Å². The first-order chi connectivity index (χ1) is 17.8. The lowest BCUT2D eigenvalue weighted by atomic mass is 9.85. The first-order valence-electron chi connectivity index (χ1n) is 12.1. The van der Waals surface area contributed by atoms with E-state index in [-0.39, 0.29) is 17.7 Å². The molecule has 0 spiro atoms. The fourth-order valence-electron chi connectivity index (χ4n) is 4.60. The third-order valence-corrected chi connectivity index (χ3v) is 6.55. The largest absolute Gasteiger partial charge is 0.416 e. The minimum atomic E-state index is -4.94. The number of carbonyl (C=O) groups excluding carboxylic acids is 1. The summed E-state index contributed by atoms with van der Waals surface area (Å²) in [5, 5.41) is 6.76. The number of carbonyl (C=O) groups is 1. The third-order valence-electron chi connectivity index (χ3n) is 6.55. The number of nitrogens with zero attached hydrogens (tertiary/aromatic N) is 3. The number of benzene rings is 2. The van der Waals surface area contributed by atoms with Crippen molar-refractivity contribution in [1.82, 2.24) is 15.3 Å². The number of anilines is 2. The summed E-state index contributed by atoms with van der Waals surface area (Å²) < 4.78 is 78.5. The maximum absolute atomic E-state index is 13.1. The number of aromatic nitrogens is 2. The molecule has 0 atom stereocenters. The summed E-state index contributed by atoms with van der Waals surface area (Å²) in [5.41, 5.74) is -2.28. The van der Waals surface area contributed by atoms with E-state index in [2.05, 4.69) is 20.6 Å². The molecule has 4 rings (SSSR count). The first-order valence-corrected chi connectivity index (χ1v) is 12.1. The Morgan fingerprint density at radius 3 is 2.11 bits per heavy atom. The van der Waals surface area contributed by atoms with Crippen LogP contribution in [0.25, 0.3) is 10.9 Å². The van der Waals surface area contributed by atoms with E-state index < -0.39 is 41.8 Å². The first kappa shape index (κ1) is 27.5. The van der Waals surface area contributed by atoms with Crippen LogP contribution in [-0.2, 0) is 23.7 Å². The molecule has 2 N–H and O–H groups in total. The number of amides is 1. The molecule has 1 aromatic heterocycles. The molecule has 3 aromatic rings. The van der Waals surface area contributed by atoms with E-state index in [1.54, 1.807) is 0 Å². The molecule has 38 heavy (non-hydrogen) atoms. The normalized spacial score (nSPS) is 18.3. The maximum Gasteiger partial charge on any atom is 0.416 e. The molecule has 1 fully saturated rings. The number of para-hydroxylation sites is 1. The van der Waals surface area contributed by atoms with Gasteiger partial charge in [-0.2, -0.15) is 31.3 Å². The summed E-state index contributed by atoms with van der Waals surface area (Å²) in [6.45, 7) is -0.428. The molecule has 2 aromatic carbocycles. The number of alkyl halides is 6. The van der Waals surface area contributed by atoms with Gasteiger partial charge in [-0.15, -0.1) is 0 Å². The smallest absolute Gasteiger partial charge is 0.362 e. The summed E-state index contributed by atoms with van der Waals surface area (Å²) in [7, 11) is 3.79. The van der Waals surface area contributed by atoms with Gasteiger partial charge in [-0.1, -0.05) is 12.1 Å². The van der Waals surface area contributed by atoms with Crippen molar-refractivity contribution in [3.05, 3.63) is 59.2 Å². The van der Waals surface area contributed by atoms with E-state index in [1.807, 2.05) is 43.3 Å². The molecular weight excluding hydrogens is 512 g/mol. The Morgan fingerprint density at radius 2 is 1.53 bits per heavy atom. The predicted molar refractivity (Wildman–Crippen MR) is 132 cm³/mol. The van der Waals surface area contributed by atoms with Crippen molar-refractivity contribution in [3.8, 4) is 0 Å². The van der Waals surface area contributed by atoms with Crippen LogP contribution in [0, 0.1) is 5.92 Å². The average molecular weight is 540 g/mol. The van der Waals surface area contributed by atoms with Crippen LogP contribution in [0.2, 0.25) is 0 Å². The second kappa shape index (κ2) is 10.7. The van der Waals surface area contributed by atoms with Gasteiger partial charge >= 0.3 is 12.4 Å². The molecule has 12 heteroatoms. The van der Waals surface area contributed by atoms with Gasteiger partial charge in [-0.25, -0.2) is 4.98 Å². The van der Waals surface area contributed by atoms with Gasteiger partial charge in [0.2, 0.25) is 11.9 Å². The summed E-state index contributed by atoms with van der Waals surface area (Å²) in [4.78, 5) is 23.8. The van der Waals surface area contributed by atoms with Gasteiger partial charge in [0, 0.05) is 38.0 Å². The monoisotopic (exact) mass is 539 g/mol. The van der Waals surface area contributed by atoms with Crippen LogP contribution in [0.15, 0.2) is 42.5 Å². The van der Waals surface area contributed by atoms with Gasteiger partial charge in [-0.05, 0) is 61.6 Å². The van der Waals surface area contributed by atoms with Gasteiger partial charge in [-0.3, -0.25) is 4.79 Å². The van der Waals surface area contributed by atoms with Crippen molar-refractivity contribution in [2.75, 3.05) is 24.3 Å². The number of hydrogen-bond donors (Lipinski definition) is 2. The minimum absolute atomic E-state index is 0.0213. The summed E-state index contributed by atoms with van der Waals surface area (Å²) in [6.07, 6.45) is -7.59. The highest BCUT2D eigenvalue weighted by molar-refractivity contribution is 5.90. The molecule has 1 heterocycles. The molecular formula is C26H27F6N5O. The van der Waals surface area contributed by atoms with Crippen molar-refractivity contribution in [3.63, 3.8) is 0 Å². The van der Waals surface area contributed by atoms with Crippen molar-refractivity contribution < 1.29 is 31.1 Å². The SMILES string of the molecule is CN(C)c1nc(N[C@H]2CC[C@@H](C(=O)NCc3cc(C(F)(F)F)cc(C(F)(F)F)c3)CC2)nc2ccccc12. The van der Waals surface area contributed by atoms with Gasteiger partial charge in [0.1, 0.15) is 5.82 Å². The number of nitrogens with one attached hydrogen (secondary N) is 2. The quantitative estimate of drug-likeness (QED) is 0.375. The molecule has 0 radical (unpaired) electrons. The Morgan fingerprint density at radius 1 is 0.921 bits per heavy atom. The highest BCUT2D eigenvalue weighted by Gasteiger charge is 2.37. The standard InChI is InChI=1S/C26H27F6N5O/c1-37(2)22-20-5-3-4-6-21(20)35-24(36-22)34-19-9-7-16(8-10-19)23(38)33-14-15-11-17(25(27,28)29)13-18(12-15)26(30,31)32/h3-6,11-13,16,19H,7-10,14H2,1-2H3,(H,33,38)(H,34,35,36)/t16-,19+. The predicted octanol–water partition coefficient (Wildman–Crippen LogP) is 6.02. The fraction of sp³-hybridized carbons (Fsp3) is 0.423. The van der Waals surface area contributed by atoms with Crippen LogP contribution in [-0.4, -0.2) is 36.0 Å². The van der Waals surface area contributed by atoms with E-state index in [1.165, 1.54) is 0 Å². The van der Waals surface area contributed by atoms with Gasteiger partial charge in [0.25, 0.3) is 0 Å². The topological polar surface area (TPSA) is 70.2 Å². The number of fused-ring (bicyclic) bond motifs is 1. The fourth-order valence-corrected chi connectivity index (χ4v) is 4.60. The lowest BCUT2D eigenvalue weighted by Crippen LogP contribution is -2.36. The van der Waals surface area contributed by atoms with E-state index >= 15 is 0 Å². The lowest BCUT2D eigenvalue weighted by molar-refractivity contribution is -0.143.